The lowest BCUT2D eigenvalue weighted by Gasteiger charge is -2.00. The van der Waals surface area contributed by atoms with Crippen molar-refractivity contribution in [3.8, 4) is 0 Å². The number of nitrogens with zero attached hydrogens (tertiary/aromatic N) is 1. The molecule has 0 aliphatic carbocycles. The van der Waals surface area contributed by atoms with Gasteiger partial charge in [-0.25, -0.2) is 4.79 Å². The van der Waals surface area contributed by atoms with Crippen LogP contribution in [0.25, 0.3) is 0 Å². The van der Waals surface area contributed by atoms with Crippen LogP contribution in [0.1, 0.15) is 6.42 Å². The highest BCUT2D eigenvalue weighted by atomic mass is 31.2. The third kappa shape index (κ3) is 4.95. The number of rotatable bonds is 5. The summed E-state index contributed by atoms with van der Waals surface area (Å²) in [5.74, 6) is 0. The van der Waals surface area contributed by atoms with Gasteiger partial charge in [0.2, 0.25) is 0 Å². The van der Waals surface area contributed by atoms with Gasteiger partial charge >= 0.3 is 13.3 Å². The van der Waals surface area contributed by atoms with Gasteiger partial charge < -0.3 is 14.8 Å². The molecule has 1 rings (SSSR count). The van der Waals surface area contributed by atoms with Gasteiger partial charge in [0, 0.05) is 18.8 Å². The Kier molecular flexibility index (Phi) is 4.62. The third-order valence-electron chi connectivity index (χ3n) is 1.99. The van der Waals surface area contributed by atoms with E-state index in [0.717, 1.165) is 4.57 Å². The fourth-order valence-corrected chi connectivity index (χ4v) is 1.65. The van der Waals surface area contributed by atoms with E-state index in [2.05, 4.69) is 4.98 Å². The quantitative estimate of drug-likeness (QED) is 0.495. The Morgan fingerprint density at radius 3 is 2.65 bits per heavy atom. The second-order valence-electron chi connectivity index (χ2n) is 3.38. The normalized spacial score (nSPS) is 12.1. The molecule has 0 radical (unpaired) electrons. The first-order valence-electron chi connectivity index (χ1n) is 4.88. The van der Waals surface area contributed by atoms with Gasteiger partial charge in [0.25, 0.3) is 5.56 Å². The average molecular weight is 260 g/mol. The first-order chi connectivity index (χ1) is 7.90. The minimum Gasteiger partial charge on any atom is -0.324 e. The van der Waals surface area contributed by atoms with Crippen LogP contribution in [0.15, 0.2) is 34.0 Å². The molecule has 7 nitrogen and oxygen atoms in total. The van der Waals surface area contributed by atoms with Crippen molar-refractivity contribution in [2.45, 2.75) is 13.0 Å². The number of aromatic nitrogens is 2. The van der Waals surface area contributed by atoms with Gasteiger partial charge in [-0.2, -0.15) is 0 Å². The second kappa shape index (κ2) is 5.77. The monoisotopic (exact) mass is 260 g/mol. The molecule has 1 aromatic heterocycles. The molecule has 1 heterocycles. The molecule has 17 heavy (non-hydrogen) atoms. The molecule has 0 aliphatic rings. The van der Waals surface area contributed by atoms with Crippen LogP contribution < -0.4 is 11.2 Å². The van der Waals surface area contributed by atoms with Crippen molar-refractivity contribution in [3.63, 3.8) is 0 Å². The van der Waals surface area contributed by atoms with Gasteiger partial charge in [-0.05, 0) is 6.42 Å². The predicted molar refractivity (Wildman–Crippen MR) is 62.0 cm³/mol. The van der Waals surface area contributed by atoms with Gasteiger partial charge in [-0.1, -0.05) is 12.2 Å². The summed E-state index contributed by atoms with van der Waals surface area (Å²) in [5, 5.41) is 0. The molecule has 0 fully saturated rings. The van der Waals surface area contributed by atoms with Crippen LogP contribution in [0.3, 0.4) is 0 Å². The molecule has 0 saturated carbocycles. The fourth-order valence-electron chi connectivity index (χ4n) is 1.17. The smallest absolute Gasteiger partial charge is 0.324 e. The van der Waals surface area contributed by atoms with E-state index in [4.69, 9.17) is 9.79 Å². The summed E-state index contributed by atoms with van der Waals surface area (Å²) in [4.78, 5) is 42.0. The number of hydrogen-bond acceptors (Lipinski definition) is 3. The average Bonchev–Trinajstić information content (AvgIpc) is 2.20. The van der Waals surface area contributed by atoms with E-state index in [-0.39, 0.29) is 19.1 Å². The number of nitrogens with one attached hydrogen (secondary N) is 1. The maximum atomic E-state index is 11.2. The van der Waals surface area contributed by atoms with E-state index in [9.17, 15) is 14.2 Å². The molecule has 0 unspecified atom stereocenters. The maximum absolute atomic E-state index is 11.2. The zero-order chi connectivity index (χ0) is 12.9. The summed E-state index contributed by atoms with van der Waals surface area (Å²) in [6, 6.07) is 1.23. The van der Waals surface area contributed by atoms with E-state index in [1.165, 1.54) is 24.4 Å². The number of aromatic amines is 1. The fraction of sp³-hybridized carbons (Fsp3) is 0.333. The van der Waals surface area contributed by atoms with Crippen molar-refractivity contribution < 1.29 is 14.4 Å². The lowest BCUT2D eigenvalue weighted by Crippen LogP contribution is -2.33. The van der Waals surface area contributed by atoms with E-state index in [0.29, 0.717) is 0 Å². The second-order valence-corrected chi connectivity index (χ2v) is 5.16. The van der Waals surface area contributed by atoms with Crippen molar-refractivity contribution in [1.82, 2.24) is 9.55 Å². The third-order valence-corrected chi connectivity index (χ3v) is 2.83. The number of allylic oxidation sites excluding steroid dienone is 2. The standard InChI is InChI=1S/C9H13N2O5P/c12-8-4-5-10-9(13)11(8)6-2-1-3-7-17(14,15)16/h1-2,4-5H,3,6-7H2,(H,10,13)(H2,14,15,16). The van der Waals surface area contributed by atoms with E-state index in [1.807, 2.05) is 0 Å². The first kappa shape index (κ1) is 13.6. The molecule has 0 aromatic carbocycles. The maximum Gasteiger partial charge on any atom is 0.328 e. The van der Waals surface area contributed by atoms with Crippen molar-refractivity contribution >= 4 is 7.60 Å². The van der Waals surface area contributed by atoms with Crippen LogP contribution >= 0.6 is 7.60 Å². The molecular formula is C9H13N2O5P. The van der Waals surface area contributed by atoms with Gasteiger partial charge in [0.05, 0.1) is 6.16 Å². The molecule has 94 valence electrons. The Hall–Kier alpha value is -1.43. The van der Waals surface area contributed by atoms with Gasteiger partial charge in [0.15, 0.2) is 0 Å². The highest BCUT2D eigenvalue weighted by Crippen LogP contribution is 2.34. The molecule has 1 aromatic rings. The largest absolute Gasteiger partial charge is 0.328 e. The minimum absolute atomic E-state index is 0.0795. The van der Waals surface area contributed by atoms with Crippen LogP contribution in [-0.2, 0) is 11.1 Å². The molecule has 0 aliphatic heterocycles. The lowest BCUT2D eigenvalue weighted by atomic mass is 10.4. The zero-order valence-electron chi connectivity index (χ0n) is 8.94. The summed E-state index contributed by atoms with van der Waals surface area (Å²) >= 11 is 0. The Bertz CT molecular complexity index is 525. The number of H-pyrrole nitrogens is 1. The summed E-state index contributed by atoms with van der Waals surface area (Å²) < 4.78 is 11.5. The van der Waals surface area contributed by atoms with E-state index < -0.39 is 18.8 Å². The molecule has 0 spiro atoms. The molecule has 3 N–H and O–H groups in total. The molecule has 8 heteroatoms. The van der Waals surface area contributed by atoms with Crippen LogP contribution in [-0.4, -0.2) is 25.5 Å². The summed E-state index contributed by atoms with van der Waals surface area (Å²) in [6.45, 7) is 0.0795. The number of hydrogen-bond donors (Lipinski definition) is 3. The van der Waals surface area contributed by atoms with Crippen LogP contribution in [0.2, 0.25) is 0 Å². The Morgan fingerprint density at radius 2 is 2.06 bits per heavy atom. The van der Waals surface area contributed by atoms with E-state index in [1.54, 1.807) is 0 Å². The molecule has 0 atom stereocenters. The van der Waals surface area contributed by atoms with Crippen LogP contribution in [0.4, 0.5) is 0 Å². The molecule has 0 saturated heterocycles. The van der Waals surface area contributed by atoms with Crippen LogP contribution in [0.5, 0.6) is 0 Å². The highest BCUT2D eigenvalue weighted by Gasteiger charge is 2.09. The predicted octanol–water partition coefficient (Wildman–Crippen LogP) is -0.339. The van der Waals surface area contributed by atoms with Crippen molar-refractivity contribution in [2.24, 2.45) is 0 Å². The Morgan fingerprint density at radius 1 is 1.35 bits per heavy atom. The van der Waals surface area contributed by atoms with Gasteiger partial charge in [-0.3, -0.25) is 13.9 Å². The zero-order valence-corrected chi connectivity index (χ0v) is 9.84. The lowest BCUT2D eigenvalue weighted by molar-refractivity contribution is 0.373. The summed E-state index contributed by atoms with van der Waals surface area (Å²) in [7, 11) is -3.98. The topological polar surface area (TPSA) is 112 Å². The first-order valence-corrected chi connectivity index (χ1v) is 6.68. The molecule has 0 amide bonds. The molecule has 0 bridgehead atoms. The Labute approximate surface area is 96.6 Å². The molecular weight excluding hydrogens is 247 g/mol. The minimum atomic E-state index is -3.98. The van der Waals surface area contributed by atoms with Crippen LogP contribution in [0, 0.1) is 0 Å². The van der Waals surface area contributed by atoms with Gasteiger partial charge in [-0.15, -0.1) is 0 Å². The van der Waals surface area contributed by atoms with Crippen molar-refractivity contribution in [3.05, 3.63) is 45.3 Å². The van der Waals surface area contributed by atoms with Crippen molar-refractivity contribution in [1.29, 1.82) is 0 Å². The highest BCUT2D eigenvalue weighted by molar-refractivity contribution is 7.51. The summed E-state index contributed by atoms with van der Waals surface area (Å²) in [5.41, 5.74) is -0.939. The van der Waals surface area contributed by atoms with E-state index >= 15 is 0 Å². The van der Waals surface area contributed by atoms with Crippen molar-refractivity contribution in [2.75, 3.05) is 6.16 Å². The Balaban J connectivity index is 2.57. The van der Waals surface area contributed by atoms with Gasteiger partial charge in [0.1, 0.15) is 0 Å². The SMILES string of the molecule is O=c1cc[nH]c(=O)n1CC=CCCP(=O)(O)O. The summed E-state index contributed by atoms with van der Waals surface area (Å²) in [6.07, 6.45) is 4.26.